The molecular formula is C19H20ClN3OS. The van der Waals surface area contributed by atoms with E-state index in [0.29, 0.717) is 0 Å². The lowest BCUT2D eigenvalue weighted by Crippen LogP contribution is -2.01. The van der Waals surface area contributed by atoms with Gasteiger partial charge in [-0.2, -0.15) is 0 Å². The van der Waals surface area contributed by atoms with E-state index in [1.54, 1.807) is 18.9 Å². The molecular weight excluding hydrogens is 354 g/mol. The maximum absolute atomic E-state index is 6.32. The molecule has 4 nitrogen and oxygen atoms in total. The van der Waals surface area contributed by atoms with Crippen molar-refractivity contribution >= 4 is 23.4 Å². The maximum atomic E-state index is 6.32. The number of methoxy groups -OCH3 is 1. The van der Waals surface area contributed by atoms with E-state index >= 15 is 0 Å². The lowest BCUT2D eigenvalue weighted by molar-refractivity contribution is 0.415. The van der Waals surface area contributed by atoms with Gasteiger partial charge in [0.25, 0.3) is 0 Å². The first-order chi connectivity index (χ1) is 12.1. The third-order valence-electron chi connectivity index (χ3n) is 4.01. The van der Waals surface area contributed by atoms with E-state index in [2.05, 4.69) is 34.7 Å². The molecule has 0 bridgehead atoms. The molecule has 3 rings (SSSR count). The highest BCUT2D eigenvalue weighted by atomic mass is 35.5. The van der Waals surface area contributed by atoms with Gasteiger partial charge in [-0.25, -0.2) is 0 Å². The van der Waals surface area contributed by atoms with Crippen molar-refractivity contribution in [1.82, 2.24) is 14.8 Å². The molecule has 0 radical (unpaired) electrons. The molecule has 0 fully saturated rings. The SMILES string of the molecule is CCn1c(SC(C)c2ccccc2Cl)nnc1-c1ccc(OC)cc1. The van der Waals surface area contributed by atoms with Gasteiger partial charge in [0.2, 0.25) is 0 Å². The number of hydrogen-bond acceptors (Lipinski definition) is 4. The summed E-state index contributed by atoms with van der Waals surface area (Å²) in [6.45, 7) is 5.03. The third kappa shape index (κ3) is 3.83. The van der Waals surface area contributed by atoms with Crippen LogP contribution >= 0.6 is 23.4 Å². The van der Waals surface area contributed by atoms with E-state index in [1.807, 2.05) is 42.5 Å². The molecule has 0 aliphatic rings. The summed E-state index contributed by atoms with van der Waals surface area (Å²) < 4.78 is 7.35. The lowest BCUT2D eigenvalue weighted by Gasteiger charge is -2.14. The third-order valence-corrected chi connectivity index (χ3v) is 5.47. The molecule has 0 aliphatic carbocycles. The van der Waals surface area contributed by atoms with Crippen LogP contribution in [0.3, 0.4) is 0 Å². The van der Waals surface area contributed by atoms with Crippen molar-refractivity contribution in [2.45, 2.75) is 30.8 Å². The highest BCUT2D eigenvalue weighted by Gasteiger charge is 2.18. The molecule has 1 unspecified atom stereocenters. The predicted octanol–water partition coefficient (Wildman–Crippen LogP) is 5.48. The van der Waals surface area contributed by atoms with Gasteiger partial charge in [-0.3, -0.25) is 0 Å². The number of rotatable bonds is 6. The van der Waals surface area contributed by atoms with Crippen LogP contribution < -0.4 is 4.74 Å². The quantitative estimate of drug-likeness (QED) is 0.536. The largest absolute Gasteiger partial charge is 0.497 e. The first kappa shape index (κ1) is 17.8. The van der Waals surface area contributed by atoms with Crippen molar-refractivity contribution in [3.8, 4) is 17.1 Å². The first-order valence-corrected chi connectivity index (χ1v) is 9.38. The molecule has 0 spiro atoms. The molecule has 0 amide bonds. The topological polar surface area (TPSA) is 39.9 Å². The summed E-state index contributed by atoms with van der Waals surface area (Å²) in [6.07, 6.45) is 0. The Morgan fingerprint density at radius 3 is 2.48 bits per heavy atom. The van der Waals surface area contributed by atoms with E-state index in [-0.39, 0.29) is 5.25 Å². The van der Waals surface area contributed by atoms with Gasteiger partial charge in [0, 0.05) is 22.4 Å². The Morgan fingerprint density at radius 2 is 1.84 bits per heavy atom. The minimum atomic E-state index is 0.187. The summed E-state index contributed by atoms with van der Waals surface area (Å²) in [4.78, 5) is 0. The van der Waals surface area contributed by atoms with E-state index in [4.69, 9.17) is 16.3 Å². The molecule has 1 aromatic heterocycles. The van der Waals surface area contributed by atoms with Crippen LogP contribution in [0.5, 0.6) is 5.75 Å². The molecule has 6 heteroatoms. The molecule has 0 saturated carbocycles. The van der Waals surface area contributed by atoms with Gasteiger partial charge in [0.15, 0.2) is 11.0 Å². The van der Waals surface area contributed by atoms with Crippen LogP contribution in [0.1, 0.15) is 24.7 Å². The minimum Gasteiger partial charge on any atom is -0.497 e. The number of nitrogens with zero attached hydrogens (tertiary/aromatic N) is 3. The average Bonchev–Trinajstić information content (AvgIpc) is 3.04. The van der Waals surface area contributed by atoms with E-state index < -0.39 is 0 Å². The van der Waals surface area contributed by atoms with Gasteiger partial charge >= 0.3 is 0 Å². The number of hydrogen-bond donors (Lipinski definition) is 0. The van der Waals surface area contributed by atoms with Gasteiger partial charge in [-0.1, -0.05) is 41.6 Å². The van der Waals surface area contributed by atoms with Crippen LogP contribution in [0.15, 0.2) is 53.7 Å². The van der Waals surface area contributed by atoms with Crippen LogP contribution in [-0.2, 0) is 6.54 Å². The van der Waals surface area contributed by atoms with Crippen molar-refractivity contribution in [2.75, 3.05) is 7.11 Å². The first-order valence-electron chi connectivity index (χ1n) is 8.12. The summed E-state index contributed by atoms with van der Waals surface area (Å²) in [6, 6.07) is 15.8. The highest BCUT2D eigenvalue weighted by Crippen LogP contribution is 2.38. The lowest BCUT2D eigenvalue weighted by atomic mass is 10.2. The zero-order chi connectivity index (χ0) is 17.8. The molecule has 1 atom stereocenters. The Bertz CT molecular complexity index is 848. The standard InChI is InChI=1S/C19H20ClN3OS/c1-4-23-18(14-9-11-15(24-3)12-10-14)21-22-19(23)25-13(2)16-7-5-6-8-17(16)20/h5-13H,4H2,1-3H3. The Kier molecular flexibility index (Phi) is 5.66. The smallest absolute Gasteiger partial charge is 0.192 e. The number of halogens is 1. The molecule has 130 valence electrons. The second-order valence-electron chi connectivity index (χ2n) is 5.56. The Hall–Kier alpha value is -1.98. The zero-order valence-corrected chi connectivity index (χ0v) is 16.0. The fourth-order valence-corrected chi connectivity index (χ4v) is 4.08. The fraction of sp³-hybridized carbons (Fsp3) is 0.263. The zero-order valence-electron chi connectivity index (χ0n) is 14.4. The van der Waals surface area contributed by atoms with Gasteiger partial charge in [0.05, 0.1) is 7.11 Å². The Morgan fingerprint density at radius 1 is 1.12 bits per heavy atom. The van der Waals surface area contributed by atoms with Crippen LogP contribution in [-0.4, -0.2) is 21.9 Å². The fourth-order valence-electron chi connectivity index (χ4n) is 2.64. The normalized spacial score (nSPS) is 12.2. The van der Waals surface area contributed by atoms with E-state index in [9.17, 15) is 0 Å². The Balaban J connectivity index is 1.88. The van der Waals surface area contributed by atoms with Gasteiger partial charge < -0.3 is 9.30 Å². The molecule has 3 aromatic rings. The number of benzene rings is 2. The minimum absolute atomic E-state index is 0.187. The van der Waals surface area contributed by atoms with Crippen molar-refractivity contribution in [3.63, 3.8) is 0 Å². The second-order valence-corrected chi connectivity index (χ2v) is 7.28. The van der Waals surface area contributed by atoms with Crippen molar-refractivity contribution in [2.24, 2.45) is 0 Å². The summed E-state index contributed by atoms with van der Waals surface area (Å²) >= 11 is 7.99. The predicted molar refractivity (Wildman–Crippen MR) is 103 cm³/mol. The van der Waals surface area contributed by atoms with E-state index in [0.717, 1.165) is 39.4 Å². The van der Waals surface area contributed by atoms with Crippen molar-refractivity contribution in [3.05, 3.63) is 59.1 Å². The molecule has 0 saturated heterocycles. The molecule has 25 heavy (non-hydrogen) atoms. The second kappa shape index (κ2) is 7.93. The van der Waals surface area contributed by atoms with E-state index in [1.165, 1.54) is 0 Å². The summed E-state index contributed by atoms with van der Waals surface area (Å²) in [5.74, 6) is 1.69. The summed E-state index contributed by atoms with van der Waals surface area (Å²) in [5, 5.41) is 10.7. The van der Waals surface area contributed by atoms with Gasteiger partial charge in [-0.15, -0.1) is 10.2 Å². The number of thioether (sulfide) groups is 1. The van der Waals surface area contributed by atoms with Crippen LogP contribution in [0, 0.1) is 0 Å². The highest BCUT2D eigenvalue weighted by molar-refractivity contribution is 7.99. The molecule has 1 heterocycles. The van der Waals surface area contributed by atoms with Crippen LogP contribution in [0.2, 0.25) is 5.02 Å². The average molecular weight is 374 g/mol. The van der Waals surface area contributed by atoms with Crippen LogP contribution in [0.4, 0.5) is 0 Å². The van der Waals surface area contributed by atoms with Crippen molar-refractivity contribution < 1.29 is 4.74 Å². The molecule has 0 N–H and O–H groups in total. The van der Waals surface area contributed by atoms with Crippen LogP contribution in [0.25, 0.3) is 11.4 Å². The molecule has 0 aliphatic heterocycles. The summed E-state index contributed by atoms with van der Waals surface area (Å²) in [7, 11) is 1.66. The van der Waals surface area contributed by atoms with Gasteiger partial charge in [-0.05, 0) is 49.7 Å². The summed E-state index contributed by atoms with van der Waals surface area (Å²) in [5.41, 5.74) is 2.12. The van der Waals surface area contributed by atoms with Crippen molar-refractivity contribution in [1.29, 1.82) is 0 Å². The molecule has 2 aromatic carbocycles. The number of aromatic nitrogens is 3. The number of ether oxygens (including phenoxy) is 1. The monoisotopic (exact) mass is 373 g/mol. The van der Waals surface area contributed by atoms with Gasteiger partial charge in [0.1, 0.15) is 5.75 Å². The maximum Gasteiger partial charge on any atom is 0.192 e. The Labute approximate surface area is 157 Å².